The maximum absolute atomic E-state index is 12.0. The van der Waals surface area contributed by atoms with Gasteiger partial charge in [0.15, 0.2) is 12.4 Å². The van der Waals surface area contributed by atoms with Crippen LogP contribution in [0.3, 0.4) is 0 Å². The van der Waals surface area contributed by atoms with E-state index in [1.807, 2.05) is 36.7 Å². The minimum absolute atomic E-state index is 0.119. The highest BCUT2D eigenvalue weighted by molar-refractivity contribution is 6.35. The molecule has 1 amide bonds. The standard InChI is InChI=1S/C20H20Cl2N4O2/c1-13-16(14(2)26(25-13)19-5-3-4-9-23-19)8-10-24-20(27)12-28-18-7-6-15(21)11-17(18)22/h3-7,9,11H,8,10,12H2,1-2H3,(H,24,27). The zero-order chi connectivity index (χ0) is 20.1. The summed E-state index contributed by atoms with van der Waals surface area (Å²) < 4.78 is 7.26. The summed E-state index contributed by atoms with van der Waals surface area (Å²) in [5.74, 6) is 0.967. The summed E-state index contributed by atoms with van der Waals surface area (Å²) in [5, 5.41) is 8.29. The molecule has 0 aliphatic heterocycles. The minimum Gasteiger partial charge on any atom is -0.482 e. The van der Waals surface area contributed by atoms with Crippen molar-refractivity contribution in [1.82, 2.24) is 20.1 Å². The summed E-state index contributed by atoms with van der Waals surface area (Å²) in [6.45, 7) is 4.31. The van der Waals surface area contributed by atoms with Gasteiger partial charge in [-0.25, -0.2) is 9.67 Å². The molecule has 0 atom stereocenters. The molecule has 0 saturated heterocycles. The lowest BCUT2D eigenvalue weighted by Gasteiger charge is -2.09. The van der Waals surface area contributed by atoms with Crippen LogP contribution in [0.5, 0.6) is 5.75 Å². The molecule has 2 aromatic heterocycles. The summed E-state index contributed by atoms with van der Waals surface area (Å²) >= 11 is 11.9. The highest BCUT2D eigenvalue weighted by Gasteiger charge is 2.14. The molecule has 28 heavy (non-hydrogen) atoms. The Hall–Kier alpha value is -2.57. The van der Waals surface area contributed by atoms with E-state index in [-0.39, 0.29) is 12.5 Å². The molecule has 0 radical (unpaired) electrons. The predicted molar refractivity (Wildman–Crippen MR) is 110 cm³/mol. The average Bonchev–Trinajstić information content (AvgIpc) is 2.96. The van der Waals surface area contributed by atoms with Crippen LogP contribution in [0.2, 0.25) is 10.0 Å². The lowest BCUT2D eigenvalue weighted by atomic mass is 10.1. The van der Waals surface area contributed by atoms with Gasteiger partial charge in [0.05, 0.1) is 10.7 Å². The first-order valence-corrected chi connectivity index (χ1v) is 9.52. The van der Waals surface area contributed by atoms with Crippen molar-refractivity contribution in [1.29, 1.82) is 0 Å². The molecule has 2 heterocycles. The van der Waals surface area contributed by atoms with E-state index in [0.29, 0.717) is 28.8 Å². The number of pyridine rings is 1. The first-order valence-electron chi connectivity index (χ1n) is 8.76. The van der Waals surface area contributed by atoms with Crippen LogP contribution in [-0.4, -0.2) is 33.8 Å². The summed E-state index contributed by atoms with van der Waals surface area (Å²) in [7, 11) is 0. The maximum atomic E-state index is 12.0. The van der Waals surface area contributed by atoms with Gasteiger partial charge in [-0.05, 0) is 56.2 Å². The molecule has 8 heteroatoms. The van der Waals surface area contributed by atoms with Crippen LogP contribution < -0.4 is 10.1 Å². The number of nitrogens with one attached hydrogen (secondary N) is 1. The van der Waals surface area contributed by atoms with Crippen LogP contribution in [0.1, 0.15) is 17.0 Å². The summed E-state index contributed by atoms with van der Waals surface area (Å²) in [6, 6.07) is 10.6. The third kappa shape index (κ3) is 4.82. The molecule has 3 rings (SSSR count). The molecule has 0 spiro atoms. The molecule has 0 aliphatic rings. The molecule has 0 saturated carbocycles. The van der Waals surface area contributed by atoms with Crippen LogP contribution >= 0.6 is 23.2 Å². The van der Waals surface area contributed by atoms with E-state index in [1.54, 1.807) is 24.4 Å². The van der Waals surface area contributed by atoms with E-state index in [9.17, 15) is 4.79 Å². The van der Waals surface area contributed by atoms with Gasteiger partial charge in [-0.15, -0.1) is 0 Å². The Kier molecular flexibility index (Phi) is 6.54. The van der Waals surface area contributed by atoms with Gasteiger partial charge in [0.1, 0.15) is 5.75 Å². The average molecular weight is 419 g/mol. The van der Waals surface area contributed by atoms with E-state index < -0.39 is 0 Å². The van der Waals surface area contributed by atoms with Gasteiger partial charge >= 0.3 is 0 Å². The van der Waals surface area contributed by atoms with Crippen LogP contribution in [0.15, 0.2) is 42.6 Å². The number of nitrogens with zero attached hydrogens (tertiary/aromatic N) is 3. The number of hydrogen-bond donors (Lipinski definition) is 1. The van der Waals surface area contributed by atoms with Crippen molar-refractivity contribution < 1.29 is 9.53 Å². The van der Waals surface area contributed by atoms with Crippen LogP contribution in [0, 0.1) is 13.8 Å². The van der Waals surface area contributed by atoms with Crippen LogP contribution in [0.4, 0.5) is 0 Å². The van der Waals surface area contributed by atoms with Gasteiger partial charge in [0, 0.05) is 23.5 Å². The number of halogens is 2. The number of rotatable bonds is 7. The molecule has 0 fully saturated rings. The Labute approximate surface area is 173 Å². The van der Waals surface area contributed by atoms with Gasteiger partial charge in [0.25, 0.3) is 5.91 Å². The van der Waals surface area contributed by atoms with E-state index in [1.165, 1.54) is 0 Å². The number of carbonyl (C=O) groups excluding carboxylic acids is 1. The summed E-state index contributed by atoms with van der Waals surface area (Å²) in [4.78, 5) is 16.4. The van der Waals surface area contributed by atoms with Crippen molar-refractivity contribution in [3.8, 4) is 11.6 Å². The second-order valence-electron chi connectivity index (χ2n) is 6.21. The summed E-state index contributed by atoms with van der Waals surface area (Å²) in [6.07, 6.45) is 2.40. The lowest BCUT2D eigenvalue weighted by molar-refractivity contribution is -0.123. The Balaban J connectivity index is 1.53. The van der Waals surface area contributed by atoms with E-state index >= 15 is 0 Å². The van der Waals surface area contributed by atoms with Crippen molar-refractivity contribution in [3.63, 3.8) is 0 Å². The first-order chi connectivity index (χ1) is 13.5. The van der Waals surface area contributed by atoms with Gasteiger partial charge in [-0.1, -0.05) is 29.3 Å². The number of amides is 1. The molecule has 0 bridgehead atoms. The van der Waals surface area contributed by atoms with Gasteiger partial charge < -0.3 is 10.1 Å². The lowest BCUT2D eigenvalue weighted by Crippen LogP contribution is -2.30. The number of hydrogen-bond acceptors (Lipinski definition) is 4. The molecule has 1 N–H and O–H groups in total. The molecular formula is C20H20Cl2N4O2. The number of carbonyl (C=O) groups is 1. The number of aryl methyl sites for hydroxylation is 1. The van der Waals surface area contributed by atoms with Gasteiger partial charge in [-0.2, -0.15) is 5.10 Å². The fourth-order valence-corrected chi connectivity index (χ4v) is 3.32. The molecular weight excluding hydrogens is 399 g/mol. The Bertz CT molecular complexity index is 974. The van der Waals surface area contributed by atoms with E-state index in [4.69, 9.17) is 27.9 Å². The fourth-order valence-electron chi connectivity index (χ4n) is 2.85. The SMILES string of the molecule is Cc1nn(-c2ccccn2)c(C)c1CCNC(=O)COc1ccc(Cl)cc1Cl. The molecule has 0 unspecified atom stereocenters. The fraction of sp³-hybridized carbons (Fsp3) is 0.250. The van der Waals surface area contributed by atoms with Crippen LogP contribution in [0.25, 0.3) is 5.82 Å². The third-order valence-corrected chi connectivity index (χ3v) is 4.79. The Morgan fingerprint density at radius 3 is 2.75 bits per heavy atom. The minimum atomic E-state index is -0.224. The van der Waals surface area contributed by atoms with Gasteiger partial charge in [-0.3, -0.25) is 4.79 Å². The molecule has 0 aliphatic carbocycles. The normalized spacial score (nSPS) is 10.7. The van der Waals surface area contributed by atoms with Crippen molar-refractivity contribution in [2.24, 2.45) is 0 Å². The summed E-state index contributed by atoms with van der Waals surface area (Å²) in [5.41, 5.74) is 3.02. The predicted octanol–water partition coefficient (Wildman–Crippen LogP) is 3.93. The van der Waals surface area contributed by atoms with Crippen molar-refractivity contribution in [2.45, 2.75) is 20.3 Å². The molecule has 1 aromatic carbocycles. The van der Waals surface area contributed by atoms with E-state index in [0.717, 1.165) is 22.8 Å². The topological polar surface area (TPSA) is 69.0 Å². The monoisotopic (exact) mass is 418 g/mol. The smallest absolute Gasteiger partial charge is 0.257 e. The van der Waals surface area contributed by atoms with Crippen molar-refractivity contribution in [2.75, 3.05) is 13.2 Å². The largest absolute Gasteiger partial charge is 0.482 e. The third-order valence-electron chi connectivity index (χ3n) is 4.26. The van der Waals surface area contributed by atoms with Crippen molar-refractivity contribution >= 4 is 29.1 Å². The van der Waals surface area contributed by atoms with Crippen LogP contribution in [-0.2, 0) is 11.2 Å². The highest BCUT2D eigenvalue weighted by atomic mass is 35.5. The number of benzene rings is 1. The molecule has 6 nitrogen and oxygen atoms in total. The van der Waals surface area contributed by atoms with E-state index in [2.05, 4.69) is 15.4 Å². The van der Waals surface area contributed by atoms with Gasteiger partial charge in [0.2, 0.25) is 0 Å². The maximum Gasteiger partial charge on any atom is 0.257 e. The number of aromatic nitrogens is 3. The highest BCUT2D eigenvalue weighted by Crippen LogP contribution is 2.27. The second kappa shape index (κ2) is 9.08. The first kappa shape index (κ1) is 20.2. The molecule has 3 aromatic rings. The zero-order valence-electron chi connectivity index (χ0n) is 15.6. The zero-order valence-corrected chi connectivity index (χ0v) is 17.1. The number of ether oxygens (including phenoxy) is 1. The second-order valence-corrected chi connectivity index (χ2v) is 7.06. The quantitative estimate of drug-likeness (QED) is 0.630. The van der Waals surface area contributed by atoms with Crippen molar-refractivity contribution in [3.05, 3.63) is 69.6 Å². The Morgan fingerprint density at radius 1 is 1.21 bits per heavy atom. The Morgan fingerprint density at radius 2 is 2.04 bits per heavy atom. The molecule has 146 valence electrons.